The summed E-state index contributed by atoms with van der Waals surface area (Å²) in [5.74, 6) is 0. The summed E-state index contributed by atoms with van der Waals surface area (Å²) < 4.78 is 75.5. The van der Waals surface area contributed by atoms with E-state index in [9.17, 15) is 0 Å². The van der Waals surface area contributed by atoms with Crippen molar-refractivity contribution in [1.29, 1.82) is 5.26 Å². The lowest BCUT2D eigenvalue weighted by Gasteiger charge is -2.22. The van der Waals surface area contributed by atoms with Crippen LogP contribution in [0.4, 0.5) is 0 Å². The van der Waals surface area contributed by atoms with E-state index in [0.717, 1.165) is 0 Å². The molecule has 0 aromatic rings. The van der Waals surface area contributed by atoms with Crippen LogP contribution in [-0.2, 0) is 0 Å². The minimum atomic E-state index is -3.42. The fraction of sp³-hybridized carbons (Fsp3) is 0.857. The van der Waals surface area contributed by atoms with Gasteiger partial charge in [-0.05, 0) is 25.7 Å². The largest absolute Gasteiger partial charge is 0.291 e. The van der Waals surface area contributed by atoms with Gasteiger partial charge in [0.1, 0.15) is 0 Å². The molecular weight excluding hydrogens is 112 g/mol. The fourth-order valence-electron chi connectivity index (χ4n) is 0.400. The van der Waals surface area contributed by atoms with Gasteiger partial charge in [-0.3, -0.25) is 4.90 Å². The highest BCUT2D eigenvalue weighted by Crippen LogP contribution is 2.06. The molecule has 0 spiro atoms. The van der Waals surface area contributed by atoms with E-state index in [2.05, 4.69) is 0 Å². The van der Waals surface area contributed by atoms with E-state index in [1.54, 1.807) is 0 Å². The van der Waals surface area contributed by atoms with E-state index in [1.165, 1.54) is 6.07 Å². The van der Waals surface area contributed by atoms with Crippen molar-refractivity contribution in [2.75, 3.05) is 19.5 Å². The van der Waals surface area contributed by atoms with Crippen LogP contribution in [-0.4, -0.2) is 24.4 Å². The van der Waals surface area contributed by atoms with Gasteiger partial charge in [0.15, 0.2) is 0 Å². The van der Waals surface area contributed by atoms with Gasteiger partial charge in [-0.2, -0.15) is 5.26 Å². The van der Waals surface area contributed by atoms with Gasteiger partial charge in [-0.1, -0.05) is 6.37 Å². The first kappa shape index (κ1) is 1.38. The maximum Gasteiger partial charge on any atom is 0.0865 e. The second kappa shape index (κ2) is 3.47. The Hall–Kier alpha value is -0.550. The van der Waals surface area contributed by atoms with Crippen LogP contribution in [0.3, 0.4) is 0 Å². The monoisotopic (exact) mass is 134 g/mol. The van der Waals surface area contributed by atoms with Gasteiger partial charge >= 0.3 is 0 Å². The molecule has 0 N–H and O–H groups in total. The van der Waals surface area contributed by atoms with Crippen molar-refractivity contribution in [1.82, 2.24) is 4.90 Å². The number of nitrogens with zero attached hydrogens (tertiary/aromatic N) is 2. The maximum absolute atomic E-state index is 8.59. The Kier molecular flexibility index (Phi) is 0.531. The van der Waals surface area contributed by atoms with E-state index in [-0.39, 0.29) is 4.90 Å². The highest BCUT2D eigenvalue weighted by Gasteiger charge is 2.07. The number of likely N-dealkylation sites (tertiary alicyclic amines) is 1. The van der Waals surface area contributed by atoms with Crippen LogP contribution in [0.25, 0.3) is 0 Å². The van der Waals surface area contributed by atoms with Gasteiger partial charge in [0.05, 0.1) is 12.6 Å². The van der Waals surface area contributed by atoms with Crippen LogP contribution in [0.2, 0.25) is 0 Å². The number of rotatable bonds is 1. The first-order chi connectivity index (χ1) is 8.19. The van der Waals surface area contributed by atoms with Crippen molar-refractivity contribution in [3.05, 3.63) is 0 Å². The second-order valence-corrected chi connectivity index (χ2v) is 1.34. The molecule has 0 unspecified atom stereocenters. The molecule has 0 radical (unpaired) electrons. The molecule has 0 saturated carbocycles. The minimum Gasteiger partial charge on any atom is -0.291 e. The van der Waals surface area contributed by atoms with Crippen molar-refractivity contribution in [3.8, 4) is 6.07 Å². The first-order valence-corrected chi connectivity index (χ1v) is 2.34. The van der Waals surface area contributed by atoms with E-state index in [1.807, 2.05) is 0 Å². The quantitative estimate of drug-likeness (QED) is 0.500. The van der Waals surface area contributed by atoms with Crippen molar-refractivity contribution in [2.24, 2.45) is 0 Å². The van der Waals surface area contributed by atoms with Gasteiger partial charge in [0, 0.05) is 13.7 Å². The van der Waals surface area contributed by atoms with E-state index in [4.69, 9.17) is 19.0 Å². The van der Waals surface area contributed by atoms with Crippen LogP contribution >= 0.6 is 0 Å². The molecule has 0 aromatic carbocycles. The molecular formula is C7H12N2. The van der Waals surface area contributed by atoms with Gasteiger partial charge < -0.3 is 0 Å². The predicted octanol–water partition coefficient (Wildman–Crippen LogP) is 0.996. The standard InChI is InChI=1S/C7H12N2/c8-4-7-9-5-2-1-3-6-9/h1-3,5-7H2/i1D2,2D2,3D2,5D2,6D2. The molecule has 2 heteroatoms. The van der Waals surface area contributed by atoms with E-state index < -0.39 is 38.7 Å². The van der Waals surface area contributed by atoms with Crippen LogP contribution in [0.5, 0.6) is 0 Å². The van der Waals surface area contributed by atoms with Crippen LogP contribution in [0.15, 0.2) is 0 Å². The van der Waals surface area contributed by atoms with Crippen LogP contribution in [0, 0.1) is 11.3 Å². The zero-order chi connectivity index (χ0) is 15.5. The van der Waals surface area contributed by atoms with Gasteiger partial charge in [0.25, 0.3) is 0 Å². The van der Waals surface area contributed by atoms with Crippen LogP contribution in [0.1, 0.15) is 32.8 Å². The normalized spacial score (nSPS) is 65.7. The number of hydrogen-bond donors (Lipinski definition) is 0. The Balaban J connectivity index is 3.61. The van der Waals surface area contributed by atoms with Crippen molar-refractivity contribution in [3.63, 3.8) is 0 Å². The summed E-state index contributed by atoms with van der Waals surface area (Å²) in [5.41, 5.74) is 0. The molecule has 1 fully saturated rings. The van der Waals surface area contributed by atoms with Crippen LogP contribution < -0.4 is 0 Å². The molecule has 0 aliphatic carbocycles. The lowest BCUT2D eigenvalue weighted by atomic mass is 10.1. The van der Waals surface area contributed by atoms with Crippen molar-refractivity contribution < 1.29 is 13.7 Å². The molecule has 2 nitrogen and oxygen atoms in total. The Labute approximate surface area is 70.1 Å². The number of nitriles is 1. The molecule has 9 heavy (non-hydrogen) atoms. The molecule has 1 heterocycles. The number of piperidine rings is 1. The zero-order valence-corrected chi connectivity index (χ0v) is 4.60. The van der Waals surface area contributed by atoms with Crippen molar-refractivity contribution >= 4 is 0 Å². The molecule has 0 amide bonds. The summed E-state index contributed by atoms with van der Waals surface area (Å²) in [6.07, 6.45) is -10.1. The molecule has 1 rings (SSSR count). The summed E-state index contributed by atoms with van der Waals surface area (Å²) in [6.45, 7) is -7.27. The average Bonchev–Trinajstić information content (AvgIpc) is 2.22. The summed E-state index contributed by atoms with van der Waals surface area (Å²) in [6, 6.07) is 1.44. The highest BCUT2D eigenvalue weighted by atomic mass is 15.1. The molecule has 50 valence electrons. The second-order valence-electron chi connectivity index (χ2n) is 1.34. The summed E-state index contributed by atoms with van der Waals surface area (Å²) >= 11 is 0. The molecule has 0 bridgehead atoms. The minimum absolute atomic E-state index is 0.0847. The number of hydrogen-bond acceptors (Lipinski definition) is 2. The third kappa shape index (κ3) is 2.03. The average molecular weight is 134 g/mol. The van der Waals surface area contributed by atoms with Gasteiger partial charge in [-0.25, -0.2) is 0 Å². The molecule has 1 aliphatic rings. The van der Waals surface area contributed by atoms with Gasteiger partial charge in [-0.15, -0.1) is 0 Å². The Morgan fingerprint density at radius 3 is 2.67 bits per heavy atom. The fourth-order valence-corrected chi connectivity index (χ4v) is 0.400. The summed E-state index contributed by atoms with van der Waals surface area (Å²) in [7, 11) is 0. The first-order valence-electron chi connectivity index (χ1n) is 7.34. The lowest BCUT2D eigenvalue weighted by Crippen LogP contribution is -2.29. The lowest BCUT2D eigenvalue weighted by molar-refractivity contribution is 0.254. The smallest absolute Gasteiger partial charge is 0.0865 e. The molecule has 0 atom stereocenters. The summed E-state index contributed by atoms with van der Waals surface area (Å²) in [4.78, 5) is 0.0847. The topological polar surface area (TPSA) is 27.0 Å². The zero-order valence-electron chi connectivity index (χ0n) is 14.6. The van der Waals surface area contributed by atoms with E-state index in [0.29, 0.717) is 0 Å². The third-order valence-corrected chi connectivity index (χ3v) is 0.736. The molecule has 0 aromatic heterocycles. The molecule has 1 saturated heterocycles. The van der Waals surface area contributed by atoms with E-state index >= 15 is 0 Å². The summed E-state index contributed by atoms with van der Waals surface area (Å²) in [5, 5.41) is 8.59. The maximum atomic E-state index is 8.59. The Bertz CT molecular complexity index is 392. The Morgan fingerprint density at radius 1 is 1.44 bits per heavy atom. The Morgan fingerprint density at radius 2 is 2.11 bits per heavy atom. The van der Waals surface area contributed by atoms with Gasteiger partial charge in [0.2, 0.25) is 0 Å². The SMILES string of the molecule is [2H]C1([2H])N(CC#N)C([2H])([2H])C([2H])([2H])C([2H])([2H])C1([2H])[2H]. The predicted molar refractivity (Wildman–Crippen MR) is 35.9 cm³/mol. The third-order valence-electron chi connectivity index (χ3n) is 0.736. The van der Waals surface area contributed by atoms with Crippen molar-refractivity contribution in [2.45, 2.75) is 19.1 Å². The highest BCUT2D eigenvalue weighted by molar-refractivity contribution is 4.77. The molecule has 1 aliphatic heterocycles.